The fourth-order valence-corrected chi connectivity index (χ4v) is 4.07. The molecular weight excluding hydrogens is 472 g/mol. The molecule has 1 aliphatic rings. The van der Waals surface area contributed by atoms with E-state index >= 15 is 0 Å². The number of halogens is 1. The second-order valence-corrected chi connectivity index (χ2v) is 8.43. The first-order valence-corrected chi connectivity index (χ1v) is 11.3. The van der Waals surface area contributed by atoms with E-state index in [0.717, 1.165) is 32.7 Å². The molecule has 3 aromatic rings. The zero-order chi connectivity index (χ0) is 22.3. The number of aromatic carboxylic acids is 1. The van der Waals surface area contributed by atoms with Crippen molar-refractivity contribution in [1.82, 2.24) is 0 Å². The number of morpholine rings is 1. The number of carboxylic acids is 1. The molecule has 7 heteroatoms. The number of hydrogen-bond acceptors (Lipinski definition) is 5. The largest absolute Gasteiger partial charge is 0.489 e. The summed E-state index contributed by atoms with van der Waals surface area (Å²) in [6, 6.07) is 21.4. The summed E-state index contributed by atoms with van der Waals surface area (Å²) in [5.41, 5.74) is 3.82. The Kier molecular flexibility index (Phi) is 7.29. The van der Waals surface area contributed by atoms with Gasteiger partial charge in [0.15, 0.2) is 0 Å². The molecular formula is C25H25BrN2O4. The molecule has 0 saturated carbocycles. The van der Waals surface area contributed by atoms with E-state index in [1.165, 1.54) is 0 Å². The smallest absolute Gasteiger partial charge is 0.337 e. The number of benzene rings is 3. The highest BCUT2D eigenvalue weighted by atomic mass is 79.9. The molecule has 0 aliphatic carbocycles. The van der Waals surface area contributed by atoms with Gasteiger partial charge in [0.1, 0.15) is 12.4 Å². The summed E-state index contributed by atoms with van der Waals surface area (Å²) >= 11 is 3.53. The van der Waals surface area contributed by atoms with Crippen LogP contribution < -0.4 is 15.0 Å². The number of nitrogens with one attached hydrogen (secondary N) is 1. The van der Waals surface area contributed by atoms with Crippen LogP contribution in [-0.4, -0.2) is 37.4 Å². The monoisotopic (exact) mass is 496 g/mol. The summed E-state index contributed by atoms with van der Waals surface area (Å²) < 4.78 is 12.4. The van der Waals surface area contributed by atoms with E-state index in [4.69, 9.17) is 9.47 Å². The molecule has 1 fully saturated rings. The van der Waals surface area contributed by atoms with Crippen molar-refractivity contribution in [3.05, 3.63) is 87.9 Å². The third kappa shape index (κ3) is 5.60. The molecule has 6 nitrogen and oxygen atoms in total. The average Bonchev–Trinajstić information content (AvgIpc) is 2.83. The van der Waals surface area contributed by atoms with Crippen LogP contribution >= 0.6 is 15.9 Å². The Bertz CT molecular complexity index is 1070. The van der Waals surface area contributed by atoms with Gasteiger partial charge in [-0.25, -0.2) is 4.79 Å². The second-order valence-electron chi connectivity index (χ2n) is 7.52. The van der Waals surface area contributed by atoms with Crippen LogP contribution in [0.15, 0.2) is 71.2 Å². The summed E-state index contributed by atoms with van der Waals surface area (Å²) in [5.74, 6) is -0.155. The quantitative estimate of drug-likeness (QED) is 0.447. The van der Waals surface area contributed by atoms with Gasteiger partial charge < -0.3 is 24.8 Å². The summed E-state index contributed by atoms with van der Waals surface area (Å²) in [5, 5.41) is 13.1. The van der Waals surface area contributed by atoms with E-state index in [1.807, 2.05) is 60.7 Å². The Labute approximate surface area is 195 Å². The van der Waals surface area contributed by atoms with Crippen molar-refractivity contribution in [3.63, 3.8) is 0 Å². The highest BCUT2D eigenvalue weighted by molar-refractivity contribution is 9.10. The summed E-state index contributed by atoms with van der Waals surface area (Å²) in [7, 11) is 0. The molecule has 0 aromatic heterocycles. The van der Waals surface area contributed by atoms with E-state index in [1.54, 1.807) is 6.07 Å². The van der Waals surface area contributed by atoms with Gasteiger partial charge in [-0.05, 0) is 42.0 Å². The maximum Gasteiger partial charge on any atom is 0.337 e. The van der Waals surface area contributed by atoms with Crippen molar-refractivity contribution >= 4 is 33.3 Å². The van der Waals surface area contributed by atoms with Crippen molar-refractivity contribution in [1.29, 1.82) is 0 Å². The standard InChI is InChI=1S/C25H25BrN2O4/c26-20-6-9-24(32-17-18-4-2-1-3-5-18)19(14-20)16-27-21-7-8-23(22(15-21)25(29)30)28-10-12-31-13-11-28/h1-9,14-15,27H,10-13,16-17H2,(H,29,30). The second kappa shape index (κ2) is 10.5. The van der Waals surface area contributed by atoms with Crippen molar-refractivity contribution in [2.45, 2.75) is 13.2 Å². The van der Waals surface area contributed by atoms with Crippen molar-refractivity contribution < 1.29 is 19.4 Å². The first-order chi connectivity index (χ1) is 15.6. The van der Waals surface area contributed by atoms with Gasteiger partial charge in [0.25, 0.3) is 0 Å². The predicted octanol–water partition coefficient (Wildman–Crippen LogP) is 5.18. The number of anilines is 2. The van der Waals surface area contributed by atoms with E-state index in [0.29, 0.717) is 39.5 Å². The van der Waals surface area contributed by atoms with Gasteiger partial charge >= 0.3 is 5.97 Å². The fourth-order valence-electron chi connectivity index (χ4n) is 3.66. The number of rotatable bonds is 8. The van der Waals surface area contributed by atoms with Crippen LogP contribution in [0.1, 0.15) is 21.5 Å². The van der Waals surface area contributed by atoms with Crippen LogP contribution in [0, 0.1) is 0 Å². The molecule has 0 radical (unpaired) electrons. The van der Waals surface area contributed by atoms with Gasteiger partial charge in [-0.3, -0.25) is 0 Å². The lowest BCUT2D eigenvalue weighted by molar-refractivity contribution is 0.0696. The topological polar surface area (TPSA) is 71.0 Å². The van der Waals surface area contributed by atoms with Crippen LogP contribution in [0.4, 0.5) is 11.4 Å². The maximum atomic E-state index is 11.9. The SMILES string of the molecule is O=C(O)c1cc(NCc2cc(Br)ccc2OCc2ccccc2)ccc1N1CCOCC1. The summed E-state index contributed by atoms with van der Waals surface area (Å²) in [6.45, 7) is 3.56. The normalized spacial score (nSPS) is 13.6. The molecule has 32 heavy (non-hydrogen) atoms. The van der Waals surface area contributed by atoms with Gasteiger partial charge in [-0.15, -0.1) is 0 Å². The van der Waals surface area contributed by atoms with Crippen LogP contribution in [0.25, 0.3) is 0 Å². The fraction of sp³-hybridized carbons (Fsp3) is 0.240. The van der Waals surface area contributed by atoms with Crippen LogP contribution in [0.3, 0.4) is 0 Å². The molecule has 1 saturated heterocycles. The molecule has 0 spiro atoms. The zero-order valence-electron chi connectivity index (χ0n) is 17.6. The Morgan fingerprint density at radius 2 is 1.84 bits per heavy atom. The Hall–Kier alpha value is -3.03. The molecule has 1 aliphatic heterocycles. The minimum absolute atomic E-state index is 0.284. The number of carboxylic acid groups (broad SMARTS) is 1. The van der Waals surface area contributed by atoms with Gasteiger partial charge in [0.2, 0.25) is 0 Å². The van der Waals surface area contributed by atoms with Crippen molar-refractivity contribution in [2.75, 3.05) is 36.5 Å². The molecule has 1 heterocycles. The molecule has 0 bridgehead atoms. The molecule has 166 valence electrons. The summed E-state index contributed by atoms with van der Waals surface area (Å²) in [4.78, 5) is 14.0. The highest BCUT2D eigenvalue weighted by Crippen LogP contribution is 2.28. The van der Waals surface area contributed by atoms with Gasteiger partial charge in [0, 0.05) is 35.4 Å². The Morgan fingerprint density at radius 1 is 1.06 bits per heavy atom. The van der Waals surface area contributed by atoms with Crippen LogP contribution in [0.2, 0.25) is 0 Å². The zero-order valence-corrected chi connectivity index (χ0v) is 19.2. The molecule has 0 atom stereocenters. The number of carbonyl (C=O) groups is 1. The van der Waals surface area contributed by atoms with Crippen LogP contribution in [-0.2, 0) is 17.9 Å². The third-order valence-electron chi connectivity index (χ3n) is 5.32. The highest BCUT2D eigenvalue weighted by Gasteiger charge is 2.19. The average molecular weight is 497 g/mol. The third-order valence-corrected chi connectivity index (χ3v) is 5.81. The number of ether oxygens (including phenoxy) is 2. The van der Waals surface area contributed by atoms with E-state index in [-0.39, 0.29) is 5.56 Å². The number of nitrogens with zero attached hydrogens (tertiary/aromatic N) is 1. The molecule has 2 N–H and O–H groups in total. The van der Waals surface area contributed by atoms with Crippen LogP contribution in [0.5, 0.6) is 5.75 Å². The molecule has 3 aromatic carbocycles. The molecule has 0 amide bonds. The van der Waals surface area contributed by atoms with E-state index in [9.17, 15) is 9.90 Å². The van der Waals surface area contributed by atoms with E-state index < -0.39 is 5.97 Å². The maximum absolute atomic E-state index is 11.9. The summed E-state index contributed by atoms with van der Waals surface area (Å²) in [6.07, 6.45) is 0. The first-order valence-electron chi connectivity index (χ1n) is 10.5. The van der Waals surface area contributed by atoms with Crippen molar-refractivity contribution in [3.8, 4) is 5.75 Å². The lowest BCUT2D eigenvalue weighted by Crippen LogP contribution is -2.37. The van der Waals surface area contributed by atoms with E-state index in [2.05, 4.69) is 26.1 Å². The van der Waals surface area contributed by atoms with Gasteiger partial charge in [-0.1, -0.05) is 46.3 Å². The Morgan fingerprint density at radius 3 is 2.59 bits per heavy atom. The first kappa shape index (κ1) is 22.2. The number of hydrogen-bond donors (Lipinski definition) is 2. The minimum Gasteiger partial charge on any atom is -0.489 e. The van der Waals surface area contributed by atoms with Gasteiger partial charge in [-0.2, -0.15) is 0 Å². The molecule has 4 rings (SSSR count). The molecule has 0 unspecified atom stereocenters. The lowest BCUT2D eigenvalue weighted by Gasteiger charge is -2.30. The predicted molar refractivity (Wildman–Crippen MR) is 129 cm³/mol. The van der Waals surface area contributed by atoms with Crippen molar-refractivity contribution in [2.24, 2.45) is 0 Å². The Balaban J connectivity index is 1.48. The van der Waals surface area contributed by atoms with Gasteiger partial charge in [0.05, 0.1) is 24.5 Å². The lowest BCUT2D eigenvalue weighted by atomic mass is 10.1. The minimum atomic E-state index is -0.940.